The van der Waals surface area contributed by atoms with Crippen molar-refractivity contribution in [2.24, 2.45) is 11.7 Å². The van der Waals surface area contributed by atoms with Gasteiger partial charge in [-0.25, -0.2) is 0 Å². The van der Waals surface area contributed by atoms with Crippen molar-refractivity contribution in [2.75, 3.05) is 13.1 Å². The molecular weight excluding hydrogens is 200 g/mol. The quantitative estimate of drug-likeness (QED) is 0.756. The summed E-state index contributed by atoms with van der Waals surface area (Å²) < 4.78 is 0. The molecule has 86 valence electrons. The predicted octanol–water partition coefficient (Wildman–Crippen LogP) is 1.50. The number of hydrogen-bond acceptors (Lipinski definition) is 3. The molecule has 0 aromatic heterocycles. The van der Waals surface area contributed by atoms with E-state index in [0.717, 1.165) is 18.4 Å². The van der Waals surface area contributed by atoms with Gasteiger partial charge >= 0.3 is 0 Å². The van der Waals surface area contributed by atoms with Crippen molar-refractivity contribution in [3.63, 3.8) is 0 Å². The maximum Gasteiger partial charge on any atom is 0.150 e. The minimum absolute atomic E-state index is 0.304. The minimum Gasteiger partial charge on any atom is -0.330 e. The topological polar surface area (TPSA) is 55.1 Å². The number of aldehydes is 1. The van der Waals surface area contributed by atoms with Crippen LogP contribution in [0, 0.1) is 5.92 Å². The fourth-order valence-corrected chi connectivity index (χ4v) is 2.42. The van der Waals surface area contributed by atoms with Crippen LogP contribution in [0.15, 0.2) is 24.3 Å². The molecule has 1 fully saturated rings. The number of carbonyl (C=O) groups is 1. The Morgan fingerprint density at radius 1 is 1.50 bits per heavy atom. The molecule has 16 heavy (non-hydrogen) atoms. The van der Waals surface area contributed by atoms with Crippen LogP contribution in [-0.4, -0.2) is 19.4 Å². The Hall–Kier alpha value is -1.19. The third-order valence-corrected chi connectivity index (χ3v) is 3.30. The van der Waals surface area contributed by atoms with E-state index >= 15 is 0 Å². The summed E-state index contributed by atoms with van der Waals surface area (Å²) in [5.41, 5.74) is 7.71. The van der Waals surface area contributed by atoms with Crippen molar-refractivity contribution >= 4 is 6.29 Å². The minimum atomic E-state index is 0.304. The third kappa shape index (κ3) is 2.31. The molecule has 0 spiro atoms. The molecule has 1 aromatic rings. The molecule has 2 rings (SSSR count). The van der Waals surface area contributed by atoms with Gasteiger partial charge in [0, 0.05) is 11.6 Å². The highest BCUT2D eigenvalue weighted by atomic mass is 16.1. The molecule has 1 aliphatic heterocycles. The van der Waals surface area contributed by atoms with E-state index in [0.29, 0.717) is 18.5 Å². The fourth-order valence-electron chi connectivity index (χ4n) is 2.42. The summed E-state index contributed by atoms with van der Waals surface area (Å²) in [4.78, 5) is 10.7. The highest BCUT2D eigenvalue weighted by Crippen LogP contribution is 2.28. The van der Waals surface area contributed by atoms with Gasteiger partial charge in [-0.3, -0.25) is 4.79 Å². The average molecular weight is 218 g/mol. The monoisotopic (exact) mass is 218 g/mol. The van der Waals surface area contributed by atoms with Crippen LogP contribution >= 0.6 is 0 Å². The van der Waals surface area contributed by atoms with Crippen molar-refractivity contribution in [2.45, 2.75) is 18.9 Å². The highest BCUT2D eigenvalue weighted by molar-refractivity contribution is 5.75. The zero-order chi connectivity index (χ0) is 11.4. The van der Waals surface area contributed by atoms with E-state index in [4.69, 9.17) is 5.73 Å². The van der Waals surface area contributed by atoms with E-state index in [-0.39, 0.29) is 0 Å². The largest absolute Gasteiger partial charge is 0.330 e. The number of piperidine rings is 1. The Labute approximate surface area is 96.0 Å². The summed E-state index contributed by atoms with van der Waals surface area (Å²) in [6.45, 7) is 1.73. The summed E-state index contributed by atoms with van der Waals surface area (Å²) in [7, 11) is 0. The van der Waals surface area contributed by atoms with Gasteiger partial charge in [0.15, 0.2) is 0 Å². The Morgan fingerprint density at radius 2 is 2.38 bits per heavy atom. The van der Waals surface area contributed by atoms with E-state index in [9.17, 15) is 4.79 Å². The number of hydrogen-bond donors (Lipinski definition) is 2. The first-order chi connectivity index (χ1) is 7.85. The summed E-state index contributed by atoms with van der Waals surface area (Å²) in [5, 5.41) is 3.49. The van der Waals surface area contributed by atoms with Crippen molar-refractivity contribution in [1.29, 1.82) is 0 Å². The smallest absolute Gasteiger partial charge is 0.150 e. The highest BCUT2D eigenvalue weighted by Gasteiger charge is 2.24. The standard InChI is InChI=1S/C13H18N2O/c14-8-12-5-2-6-15-13(12)11-4-1-3-10(7-11)9-16/h1,3-4,7,9,12-13,15H,2,5-6,8,14H2. The lowest BCUT2D eigenvalue weighted by Crippen LogP contribution is -2.37. The SMILES string of the molecule is NCC1CCCNC1c1cccc(C=O)c1. The van der Waals surface area contributed by atoms with E-state index < -0.39 is 0 Å². The molecule has 0 amide bonds. The molecule has 3 nitrogen and oxygen atoms in total. The second kappa shape index (κ2) is 5.23. The molecule has 1 heterocycles. The zero-order valence-electron chi connectivity index (χ0n) is 9.36. The molecular formula is C13H18N2O. The molecule has 0 bridgehead atoms. The number of nitrogens with two attached hydrogens (primary N) is 1. The summed E-state index contributed by atoms with van der Waals surface area (Å²) in [5.74, 6) is 0.482. The van der Waals surface area contributed by atoms with Crippen LogP contribution in [0.1, 0.15) is 34.8 Å². The lowest BCUT2D eigenvalue weighted by atomic mass is 9.86. The number of benzene rings is 1. The maximum atomic E-state index is 10.7. The van der Waals surface area contributed by atoms with Crippen molar-refractivity contribution in [3.05, 3.63) is 35.4 Å². The predicted molar refractivity (Wildman–Crippen MR) is 64.4 cm³/mol. The Bertz CT molecular complexity index is 365. The zero-order valence-corrected chi connectivity index (χ0v) is 9.36. The lowest BCUT2D eigenvalue weighted by Gasteiger charge is -2.32. The third-order valence-electron chi connectivity index (χ3n) is 3.30. The summed E-state index contributed by atoms with van der Waals surface area (Å²) >= 11 is 0. The molecule has 3 heteroatoms. The van der Waals surface area contributed by atoms with E-state index in [2.05, 4.69) is 11.4 Å². The summed E-state index contributed by atoms with van der Waals surface area (Å²) in [6, 6.07) is 8.09. The molecule has 0 aliphatic carbocycles. The average Bonchev–Trinajstić information content (AvgIpc) is 2.38. The molecule has 0 radical (unpaired) electrons. The van der Waals surface area contributed by atoms with E-state index in [1.807, 2.05) is 18.2 Å². The van der Waals surface area contributed by atoms with Crippen LogP contribution in [0.3, 0.4) is 0 Å². The van der Waals surface area contributed by atoms with Crippen LogP contribution in [0.25, 0.3) is 0 Å². The molecule has 2 unspecified atom stereocenters. The van der Waals surface area contributed by atoms with Gasteiger partial charge in [-0.2, -0.15) is 0 Å². The molecule has 1 saturated heterocycles. The molecule has 1 aromatic carbocycles. The van der Waals surface area contributed by atoms with Gasteiger partial charge in [0.25, 0.3) is 0 Å². The van der Waals surface area contributed by atoms with Gasteiger partial charge in [-0.1, -0.05) is 18.2 Å². The first-order valence-corrected chi connectivity index (χ1v) is 5.83. The van der Waals surface area contributed by atoms with Gasteiger partial charge in [0.1, 0.15) is 6.29 Å². The number of carbonyl (C=O) groups excluding carboxylic acids is 1. The first kappa shape index (κ1) is 11.3. The van der Waals surface area contributed by atoms with Crippen LogP contribution in [0.2, 0.25) is 0 Å². The second-order valence-electron chi connectivity index (χ2n) is 4.36. The van der Waals surface area contributed by atoms with Crippen LogP contribution in [-0.2, 0) is 0 Å². The van der Waals surface area contributed by atoms with Gasteiger partial charge in [0.2, 0.25) is 0 Å². The molecule has 3 N–H and O–H groups in total. The maximum absolute atomic E-state index is 10.7. The molecule has 2 atom stereocenters. The number of rotatable bonds is 3. The Kier molecular flexibility index (Phi) is 3.70. The fraction of sp³-hybridized carbons (Fsp3) is 0.462. The Morgan fingerprint density at radius 3 is 3.12 bits per heavy atom. The van der Waals surface area contributed by atoms with Gasteiger partial charge in [0.05, 0.1) is 0 Å². The van der Waals surface area contributed by atoms with Crippen LogP contribution in [0.4, 0.5) is 0 Å². The molecule has 1 aliphatic rings. The van der Waals surface area contributed by atoms with Gasteiger partial charge in [-0.05, 0) is 43.5 Å². The van der Waals surface area contributed by atoms with Crippen LogP contribution < -0.4 is 11.1 Å². The first-order valence-electron chi connectivity index (χ1n) is 5.83. The molecule has 0 saturated carbocycles. The normalized spacial score (nSPS) is 25.3. The van der Waals surface area contributed by atoms with E-state index in [1.165, 1.54) is 18.4 Å². The van der Waals surface area contributed by atoms with Crippen molar-refractivity contribution in [3.8, 4) is 0 Å². The van der Waals surface area contributed by atoms with Crippen molar-refractivity contribution in [1.82, 2.24) is 5.32 Å². The lowest BCUT2D eigenvalue weighted by molar-refractivity contribution is 0.112. The summed E-state index contributed by atoms with van der Waals surface area (Å²) in [6.07, 6.45) is 3.25. The van der Waals surface area contributed by atoms with Crippen LogP contribution in [0.5, 0.6) is 0 Å². The Balaban J connectivity index is 2.23. The van der Waals surface area contributed by atoms with Crippen molar-refractivity contribution < 1.29 is 4.79 Å². The van der Waals surface area contributed by atoms with Gasteiger partial charge < -0.3 is 11.1 Å². The van der Waals surface area contributed by atoms with Gasteiger partial charge in [-0.15, -0.1) is 0 Å². The van der Waals surface area contributed by atoms with E-state index in [1.54, 1.807) is 0 Å². The second-order valence-corrected chi connectivity index (χ2v) is 4.36. The number of nitrogens with one attached hydrogen (secondary N) is 1.